The average molecular weight is 550 g/mol. The lowest BCUT2D eigenvalue weighted by molar-refractivity contribution is -0.168. The van der Waals surface area contributed by atoms with Gasteiger partial charge in [0.25, 0.3) is 5.91 Å². The summed E-state index contributed by atoms with van der Waals surface area (Å²) in [7, 11) is 1.72. The Kier molecular flexibility index (Phi) is 7.63. The van der Waals surface area contributed by atoms with Crippen molar-refractivity contribution < 1.29 is 33.0 Å². The van der Waals surface area contributed by atoms with Gasteiger partial charge in [-0.1, -0.05) is 0 Å². The second-order valence-electron chi connectivity index (χ2n) is 9.51. The molecule has 12 heteroatoms. The number of carbonyl (C=O) groups is 3. The Morgan fingerprint density at radius 1 is 1.20 bits per heavy atom. The molecule has 4 heterocycles. The molecule has 1 saturated heterocycles. The number of ether oxygens (including phenoxy) is 3. The van der Waals surface area contributed by atoms with Gasteiger partial charge in [-0.25, -0.2) is 9.18 Å². The number of anilines is 1. The summed E-state index contributed by atoms with van der Waals surface area (Å²) in [6, 6.07) is 7.51. The number of pyridine rings is 1. The van der Waals surface area contributed by atoms with Crippen molar-refractivity contribution in [2.24, 2.45) is 12.8 Å². The zero-order valence-electron chi connectivity index (χ0n) is 22.0. The first-order valence-corrected chi connectivity index (χ1v) is 12.7. The van der Waals surface area contributed by atoms with E-state index in [1.54, 1.807) is 24.0 Å². The fourth-order valence-corrected chi connectivity index (χ4v) is 4.66. The molecule has 4 aromatic rings. The average Bonchev–Trinajstić information content (AvgIpc) is 3.53. The lowest BCUT2D eigenvalue weighted by atomic mass is 10.0. The van der Waals surface area contributed by atoms with E-state index in [0.717, 1.165) is 19.3 Å². The van der Waals surface area contributed by atoms with Crippen molar-refractivity contribution in [2.45, 2.75) is 39.1 Å². The number of hydrogen-bond acceptors (Lipinski definition) is 7. The number of nitrogens with zero attached hydrogens (tertiary/aromatic N) is 3. The fraction of sp³-hybridized carbons (Fsp3) is 0.286. The molecule has 11 nitrogen and oxygen atoms in total. The summed E-state index contributed by atoms with van der Waals surface area (Å²) in [5, 5.41) is 6.79. The molecule has 0 aliphatic carbocycles. The molecule has 1 fully saturated rings. The van der Waals surface area contributed by atoms with E-state index in [-0.39, 0.29) is 46.9 Å². The summed E-state index contributed by atoms with van der Waals surface area (Å²) in [6.45, 7) is 2.11. The highest BCUT2D eigenvalue weighted by Gasteiger charge is 2.22. The van der Waals surface area contributed by atoms with Crippen LogP contribution in [0.2, 0.25) is 0 Å². The third kappa shape index (κ3) is 5.72. The van der Waals surface area contributed by atoms with E-state index in [4.69, 9.17) is 19.9 Å². The molecule has 0 spiro atoms. The third-order valence-corrected chi connectivity index (χ3v) is 6.53. The van der Waals surface area contributed by atoms with Gasteiger partial charge < -0.3 is 29.7 Å². The number of Topliss-reactive ketones (excluding diaryl/α,β-unsaturated/α-hetero) is 1. The monoisotopic (exact) mass is 549 g/mol. The number of fused-ring (bicyclic) bond motifs is 1. The predicted molar refractivity (Wildman–Crippen MR) is 143 cm³/mol. The summed E-state index contributed by atoms with van der Waals surface area (Å²) in [5.74, 6) is -1.53. The zero-order chi connectivity index (χ0) is 28.4. The molecule has 208 valence electrons. The molecule has 1 aliphatic rings. The largest absolute Gasteiger partial charge is 0.410 e. The third-order valence-electron chi connectivity index (χ3n) is 6.53. The number of nitrogens with one attached hydrogen (secondary N) is 1. The quantitative estimate of drug-likeness (QED) is 0.310. The van der Waals surface area contributed by atoms with Crippen LogP contribution in [0, 0.1) is 5.82 Å². The van der Waals surface area contributed by atoms with Gasteiger partial charge in [-0.05, 0) is 55.2 Å². The summed E-state index contributed by atoms with van der Waals surface area (Å²) in [5.41, 5.74) is 7.07. The van der Waals surface area contributed by atoms with Gasteiger partial charge in [0.15, 0.2) is 17.9 Å². The Morgan fingerprint density at radius 2 is 2.02 bits per heavy atom. The van der Waals surface area contributed by atoms with Gasteiger partial charge in [-0.15, -0.1) is 0 Å². The van der Waals surface area contributed by atoms with E-state index >= 15 is 4.39 Å². The molecular weight excluding hydrogens is 521 g/mol. The van der Waals surface area contributed by atoms with E-state index in [9.17, 15) is 14.4 Å². The van der Waals surface area contributed by atoms with E-state index in [1.807, 2.05) is 0 Å². The first kappa shape index (κ1) is 27.0. The number of hydrogen-bond donors (Lipinski definition) is 2. The van der Waals surface area contributed by atoms with Gasteiger partial charge in [0.1, 0.15) is 5.75 Å². The minimum absolute atomic E-state index is 0.0630. The Labute approximate surface area is 228 Å². The zero-order valence-corrected chi connectivity index (χ0v) is 22.0. The molecule has 1 unspecified atom stereocenters. The number of nitrogens with two attached hydrogens (primary N) is 1. The van der Waals surface area contributed by atoms with E-state index in [0.29, 0.717) is 23.3 Å². The molecule has 2 amide bonds. The molecule has 0 bridgehead atoms. The van der Waals surface area contributed by atoms with Crippen molar-refractivity contribution in [3.63, 3.8) is 0 Å². The van der Waals surface area contributed by atoms with Crippen LogP contribution < -0.4 is 15.8 Å². The van der Waals surface area contributed by atoms with Crippen LogP contribution in [0.5, 0.6) is 5.75 Å². The molecule has 1 atom stereocenters. The minimum Gasteiger partial charge on any atom is -0.409 e. The van der Waals surface area contributed by atoms with Crippen LogP contribution in [0.25, 0.3) is 16.6 Å². The van der Waals surface area contributed by atoms with Crippen LogP contribution in [0.3, 0.4) is 0 Å². The molecule has 5 rings (SSSR count). The van der Waals surface area contributed by atoms with Crippen LogP contribution >= 0.6 is 0 Å². The Balaban J connectivity index is 1.49. The molecule has 3 N–H and O–H groups in total. The number of aromatic nitrogens is 3. The normalized spacial score (nSPS) is 15.2. The summed E-state index contributed by atoms with van der Waals surface area (Å²) in [4.78, 5) is 37.0. The number of carbonyl (C=O) groups excluding carboxylic acids is 3. The van der Waals surface area contributed by atoms with Crippen molar-refractivity contribution in [1.82, 2.24) is 14.2 Å². The SMILES string of the molecule is CC(=O)c1cc(C(=O)Nc2cc(COC3CCCCO3)cc(-c3cnn(C)c3)c2F)c2ccc(OC(N)=O)cn12. The van der Waals surface area contributed by atoms with Crippen LogP contribution in [-0.2, 0) is 23.1 Å². The molecule has 3 aromatic heterocycles. The van der Waals surface area contributed by atoms with Gasteiger partial charge in [0, 0.05) is 37.9 Å². The maximum atomic E-state index is 15.8. The van der Waals surface area contributed by atoms with Crippen LogP contribution in [0.4, 0.5) is 14.9 Å². The lowest BCUT2D eigenvalue weighted by Crippen LogP contribution is -2.22. The maximum absolute atomic E-state index is 15.8. The summed E-state index contributed by atoms with van der Waals surface area (Å²) >= 11 is 0. The standard InChI is InChI=1S/C28H28FN5O6/c1-16(35)24-11-21(23-7-6-19(14-34(23)24)40-28(30)37)27(36)32-22-10-17(15-39-25-5-3-4-8-38-25)9-20(26(22)29)18-12-31-33(2)13-18/h6-7,9-14,25H,3-5,8,15H2,1-2H3,(H2,30,37)(H,32,36). The topological polar surface area (TPSA) is 139 Å². The highest BCUT2D eigenvalue weighted by atomic mass is 19.1. The number of primary amides is 1. The number of ketones is 1. The van der Waals surface area contributed by atoms with Crippen molar-refractivity contribution in [3.05, 3.63) is 71.6 Å². The van der Waals surface area contributed by atoms with Crippen molar-refractivity contribution in [2.75, 3.05) is 11.9 Å². The first-order valence-electron chi connectivity index (χ1n) is 12.7. The maximum Gasteiger partial charge on any atom is 0.410 e. The Hall–Kier alpha value is -4.55. The van der Waals surface area contributed by atoms with Crippen LogP contribution in [-0.4, -0.2) is 44.9 Å². The Morgan fingerprint density at radius 3 is 2.70 bits per heavy atom. The smallest absolute Gasteiger partial charge is 0.409 e. The number of aryl methyl sites for hydroxylation is 1. The second kappa shape index (κ2) is 11.3. The second-order valence-corrected chi connectivity index (χ2v) is 9.51. The molecule has 1 aromatic carbocycles. The number of amides is 2. The summed E-state index contributed by atoms with van der Waals surface area (Å²) in [6.07, 6.45) is 5.97. The van der Waals surface area contributed by atoms with Crippen LogP contribution in [0.1, 0.15) is 52.6 Å². The van der Waals surface area contributed by atoms with Gasteiger partial charge in [0.2, 0.25) is 0 Å². The molecular formula is C28H28FN5O6. The first-order chi connectivity index (χ1) is 19.2. The lowest BCUT2D eigenvalue weighted by Gasteiger charge is -2.23. The van der Waals surface area contributed by atoms with Gasteiger partial charge in [-0.2, -0.15) is 5.10 Å². The van der Waals surface area contributed by atoms with E-state index < -0.39 is 17.8 Å². The van der Waals surface area contributed by atoms with Crippen molar-refractivity contribution in [1.29, 1.82) is 0 Å². The van der Waals surface area contributed by atoms with Crippen LogP contribution in [0.15, 0.2) is 48.9 Å². The molecule has 40 heavy (non-hydrogen) atoms. The molecule has 1 aliphatic heterocycles. The Bertz CT molecular complexity index is 1600. The molecule has 0 saturated carbocycles. The van der Waals surface area contributed by atoms with Gasteiger partial charge >= 0.3 is 6.09 Å². The van der Waals surface area contributed by atoms with Crippen molar-refractivity contribution >= 4 is 29.0 Å². The number of benzene rings is 1. The van der Waals surface area contributed by atoms with E-state index in [1.165, 1.54) is 48.0 Å². The predicted octanol–water partition coefficient (Wildman–Crippen LogP) is 4.43. The highest BCUT2D eigenvalue weighted by Crippen LogP contribution is 2.31. The number of rotatable bonds is 8. The summed E-state index contributed by atoms with van der Waals surface area (Å²) < 4.78 is 35.2. The van der Waals surface area contributed by atoms with Gasteiger partial charge in [-0.3, -0.25) is 14.3 Å². The number of halogens is 1. The van der Waals surface area contributed by atoms with Gasteiger partial charge in [0.05, 0.1) is 41.5 Å². The highest BCUT2D eigenvalue weighted by molar-refractivity contribution is 6.11. The molecule has 0 radical (unpaired) electrons. The van der Waals surface area contributed by atoms with Crippen molar-refractivity contribution in [3.8, 4) is 16.9 Å². The van der Waals surface area contributed by atoms with E-state index in [2.05, 4.69) is 10.4 Å². The fourth-order valence-electron chi connectivity index (χ4n) is 4.66. The minimum atomic E-state index is -1.02.